The number of Topliss-reactive ketones (excluding diaryl/α,β-unsaturated/α-hetero) is 1. The Morgan fingerprint density at radius 2 is 1.57 bits per heavy atom. The van der Waals surface area contributed by atoms with E-state index in [2.05, 4.69) is 0 Å². The molecule has 1 unspecified atom stereocenters. The minimum Gasteiger partial charge on any atom is -0.481 e. The number of carboxylic acid groups (broad SMARTS) is 1. The maximum Gasteiger partial charge on any atom is 0.305 e. The quantitative estimate of drug-likeness (QED) is 0.515. The molecule has 0 aliphatic carbocycles. The molecule has 2 aromatic rings. The number of hydrogen-bond donors (Lipinski definition) is 2. The number of ether oxygens (including phenoxy) is 1. The lowest BCUT2D eigenvalue weighted by Crippen LogP contribution is -2.29. The van der Waals surface area contributed by atoms with Gasteiger partial charge in [0.25, 0.3) is 0 Å². The fraction of sp³-hybridized carbons (Fsp3) is 0.375. The average molecular weight is 411 g/mol. The first-order valence-electron chi connectivity index (χ1n) is 10.2. The molecule has 160 valence electrons. The van der Waals surface area contributed by atoms with E-state index in [1.165, 1.54) is 0 Å². The van der Waals surface area contributed by atoms with Crippen LogP contribution in [0.5, 0.6) is 0 Å². The summed E-state index contributed by atoms with van der Waals surface area (Å²) in [5, 5.41) is 8.97. The molecule has 0 saturated heterocycles. The zero-order chi connectivity index (χ0) is 21.9. The van der Waals surface area contributed by atoms with Crippen LogP contribution in [0, 0.1) is 5.92 Å². The van der Waals surface area contributed by atoms with Crippen molar-refractivity contribution in [2.75, 3.05) is 13.2 Å². The zero-order valence-electron chi connectivity index (χ0n) is 17.3. The van der Waals surface area contributed by atoms with Crippen LogP contribution < -0.4 is 5.73 Å². The van der Waals surface area contributed by atoms with Crippen molar-refractivity contribution in [1.82, 2.24) is 0 Å². The monoisotopic (exact) mass is 411 g/mol. The third-order valence-corrected chi connectivity index (χ3v) is 5.11. The van der Waals surface area contributed by atoms with Gasteiger partial charge < -0.3 is 15.6 Å². The first kappa shape index (κ1) is 23.3. The molecule has 0 fully saturated rings. The second kappa shape index (κ2) is 11.9. The van der Waals surface area contributed by atoms with Crippen LogP contribution in [-0.2, 0) is 19.1 Å². The number of aliphatic carboxylic acids is 1. The van der Waals surface area contributed by atoms with Gasteiger partial charge >= 0.3 is 11.9 Å². The predicted molar refractivity (Wildman–Crippen MR) is 115 cm³/mol. The van der Waals surface area contributed by atoms with Gasteiger partial charge in [-0.3, -0.25) is 14.4 Å². The van der Waals surface area contributed by atoms with Crippen LogP contribution in [0.3, 0.4) is 0 Å². The second-order valence-corrected chi connectivity index (χ2v) is 7.17. The van der Waals surface area contributed by atoms with Crippen LogP contribution in [0.1, 0.15) is 44.1 Å². The maximum absolute atomic E-state index is 12.9. The minimum absolute atomic E-state index is 0.0731. The van der Waals surface area contributed by atoms with Gasteiger partial charge in [0.15, 0.2) is 0 Å². The van der Waals surface area contributed by atoms with Crippen molar-refractivity contribution >= 4 is 17.7 Å². The van der Waals surface area contributed by atoms with Gasteiger partial charge in [-0.2, -0.15) is 0 Å². The molecule has 0 radical (unpaired) electrons. The highest BCUT2D eigenvalue weighted by Crippen LogP contribution is 2.32. The molecule has 6 nitrogen and oxygen atoms in total. The van der Waals surface area contributed by atoms with Crippen LogP contribution in [-0.4, -0.2) is 36.0 Å². The Morgan fingerprint density at radius 3 is 2.13 bits per heavy atom. The number of carbonyl (C=O) groups is 3. The molecule has 0 heterocycles. The van der Waals surface area contributed by atoms with Crippen LogP contribution in [0.2, 0.25) is 0 Å². The van der Waals surface area contributed by atoms with E-state index in [0.717, 1.165) is 16.7 Å². The van der Waals surface area contributed by atoms with E-state index in [4.69, 9.17) is 15.6 Å². The zero-order valence-corrected chi connectivity index (χ0v) is 17.3. The van der Waals surface area contributed by atoms with Crippen molar-refractivity contribution in [2.24, 2.45) is 11.7 Å². The third kappa shape index (κ3) is 6.81. The summed E-state index contributed by atoms with van der Waals surface area (Å²) in [4.78, 5) is 35.7. The molecule has 0 saturated carbocycles. The Bertz CT molecular complexity index is 832. The molecule has 2 rings (SSSR count). The predicted octanol–water partition coefficient (Wildman–Crippen LogP) is 3.79. The summed E-state index contributed by atoms with van der Waals surface area (Å²) in [6.45, 7) is 2.25. The number of carbonyl (C=O) groups excluding carboxylic acids is 2. The van der Waals surface area contributed by atoms with Crippen LogP contribution in [0.25, 0.3) is 11.1 Å². The molecular weight excluding hydrogens is 382 g/mol. The number of nitrogens with two attached hydrogens (primary N) is 1. The summed E-state index contributed by atoms with van der Waals surface area (Å²) in [6.07, 6.45) is 0.267. The number of ketones is 1. The summed E-state index contributed by atoms with van der Waals surface area (Å²) >= 11 is 0. The molecule has 3 N–H and O–H groups in total. The van der Waals surface area contributed by atoms with Crippen molar-refractivity contribution in [3.63, 3.8) is 0 Å². The molecule has 0 aromatic heterocycles. The number of hydrogen-bond acceptors (Lipinski definition) is 5. The molecule has 0 amide bonds. The highest BCUT2D eigenvalue weighted by Gasteiger charge is 2.29. The van der Waals surface area contributed by atoms with Gasteiger partial charge in [-0.1, -0.05) is 54.6 Å². The highest BCUT2D eigenvalue weighted by atomic mass is 16.5. The van der Waals surface area contributed by atoms with Gasteiger partial charge in [-0.15, -0.1) is 0 Å². The largest absolute Gasteiger partial charge is 0.481 e. The lowest BCUT2D eigenvalue weighted by Gasteiger charge is -2.25. The lowest BCUT2D eigenvalue weighted by molar-refractivity contribution is -0.143. The van der Waals surface area contributed by atoms with Gasteiger partial charge in [0.2, 0.25) is 0 Å². The molecule has 2 atom stereocenters. The standard InChI is InChI=1S/C24H29NO5/c1-2-30-23(29)15-12-20(16-25)24(21(26)13-14-22(27)28)19-10-8-18(9-11-19)17-6-4-3-5-7-17/h3-11,20,24H,2,12-16,25H2,1H3,(H,27,28)/t20?,24-/m1/s1. The van der Waals surface area contributed by atoms with Crippen molar-refractivity contribution in [3.05, 3.63) is 60.2 Å². The normalized spacial score (nSPS) is 12.7. The molecule has 0 aliphatic heterocycles. The first-order chi connectivity index (χ1) is 14.5. The van der Waals surface area contributed by atoms with Crippen LogP contribution >= 0.6 is 0 Å². The van der Waals surface area contributed by atoms with Gasteiger partial charge in [0, 0.05) is 18.8 Å². The van der Waals surface area contributed by atoms with Crippen molar-refractivity contribution in [1.29, 1.82) is 0 Å². The molecule has 0 spiro atoms. The van der Waals surface area contributed by atoms with Gasteiger partial charge in [0.1, 0.15) is 5.78 Å². The number of esters is 1. The minimum atomic E-state index is -1.02. The number of rotatable bonds is 12. The molecule has 6 heteroatoms. The molecule has 0 aliphatic rings. The van der Waals surface area contributed by atoms with E-state index < -0.39 is 11.9 Å². The Labute approximate surface area is 177 Å². The Hall–Kier alpha value is -2.99. The van der Waals surface area contributed by atoms with Crippen molar-refractivity contribution < 1.29 is 24.2 Å². The topological polar surface area (TPSA) is 107 Å². The Balaban J connectivity index is 2.26. The van der Waals surface area contributed by atoms with Crippen molar-refractivity contribution in [2.45, 2.75) is 38.5 Å². The number of benzene rings is 2. The maximum atomic E-state index is 12.9. The van der Waals surface area contributed by atoms with Crippen LogP contribution in [0.15, 0.2) is 54.6 Å². The third-order valence-electron chi connectivity index (χ3n) is 5.11. The van der Waals surface area contributed by atoms with E-state index in [-0.39, 0.29) is 43.5 Å². The van der Waals surface area contributed by atoms with E-state index in [1.807, 2.05) is 54.6 Å². The first-order valence-corrected chi connectivity index (χ1v) is 10.2. The Kier molecular flexibility index (Phi) is 9.22. The average Bonchev–Trinajstić information content (AvgIpc) is 2.76. The van der Waals surface area contributed by atoms with E-state index in [1.54, 1.807) is 6.92 Å². The van der Waals surface area contributed by atoms with Gasteiger partial charge in [-0.05, 0) is 42.5 Å². The number of carboxylic acids is 1. The molecule has 30 heavy (non-hydrogen) atoms. The molecule has 2 aromatic carbocycles. The fourth-order valence-corrected chi connectivity index (χ4v) is 3.58. The van der Waals surface area contributed by atoms with E-state index in [9.17, 15) is 14.4 Å². The molecule has 0 bridgehead atoms. The molecular formula is C24H29NO5. The van der Waals surface area contributed by atoms with Gasteiger partial charge in [-0.25, -0.2) is 0 Å². The summed E-state index contributed by atoms with van der Waals surface area (Å²) < 4.78 is 4.98. The second-order valence-electron chi connectivity index (χ2n) is 7.17. The Morgan fingerprint density at radius 1 is 0.933 bits per heavy atom. The highest BCUT2D eigenvalue weighted by molar-refractivity contribution is 5.88. The summed E-state index contributed by atoms with van der Waals surface area (Å²) in [5.41, 5.74) is 8.83. The van der Waals surface area contributed by atoms with Gasteiger partial charge in [0.05, 0.1) is 13.0 Å². The summed E-state index contributed by atoms with van der Waals surface area (Å²) in [7, 11) is 0. The van der Waals surface area contributed by atoms with Crippen molar-refractivity contribution in [3.8, 4) is 11.1 Å². The van der Waals surface area contributed by atoms with Crippen LogP contribution in [0.4, 0.5) is 0 Å². The fourth-order valence-electron chi connectivity index (χ4n) is 3.58. The van der Waals surface area contributed by atoms with E-state index >= 15 is 0 Å². The summed E-state index contributed by atoms with van der Waals surface area (Å²) in [6, 6.07) is 17.5. The smallest absolute Gasteiger partial charge is 0.305 e. The van der Waals surface area contributed by atoms with E-state index in [0.29, 0.717) is 13.0 Å². The summed E-state index contributed by atoms with van der Waals surface area (Å²) in [5.74, 6) is -2.36. The SMILES string of the molecule is CCOC(=O)CCC(CN)[C@H](C(=O)CCC(=O)O)c1ccc(-c2ccccc2)cc1. The lowest BCUT2D eigenvalue weighted by atomic mass is 9.78.